The van der Waals surface area contributed by atoms with Crippen molar-refractivity contribution in [2.45, 2.75) is 63.8 Å². The van der Waals surface area contributed by atoms with E-state index >= 15 is 0 Å². The molecule has 0 spiro atoms. The molecule has 5 heterocycles. The van der Waals surface area contributed by atoms with Gasteiger partial charge in [0.05, 0.1) is 46.4 Å². The number of halogens is 3. The van der Waals surface area contributed by atoms with Gasteiger partial charge in [-0.25, -0.2) is 4.98 Å². The van der Waals surface area contributed by atoms with Crippen molar-refractivity contribution in [2.75, 3.05) is 67.3 Å². The molecule has 1 aromatic heterocycles. The number of para-hydroxylation sites is 1. The van der Waals surface area contributed by atoms with Crippen LogP contribution in [0, 0.1) is 5.92 Å². The number of nitrogens with zero attached hydrogens (tertiary/aromatic N) is 5. The number of ether oxygens (including phenoxy) is 1. The van der Waals surface area contributed by atoms with Gasteiger partial charge in [0, 0.05) is 88.0 Å². The van der Waals surface area contributed by atoms with E-state index in [1.807, 2.05) is 24.3 Å². The minimum atomic E-state index is -4.71. The number of amides is 5. The molecule has 3 aromatic carbocycles. The Hall–Kier alpha value is -6.69. The molecule has 3 saturated heterocycles. The van der Waals surface area contributed by atoms with Gasteiger partial charge in [-0.2, -0.15) is 13.2 Å². The van der Waals surface area contributed by atoms with E-state index in [9.17, 15) is 37.1 Å². The van der Waals surface area contributed by atoms with Gasteiger partial charge >= 0.3 is 6.18 Å². The van der Waals surface area contributed by atoms with Crippen molar-refractivity contribution in [3.63, 3.8) is 0 Å². The van der Waals surface area contributed by atoms with Gasteiger partial charge in [0.25, 0.3) is 17.7 Å². The van der Waals surface area contributed by atoms with Gasteiger partial charge in [0.15, 0.2) is 0 Å². The fourth-order valence-electron chi connectivity index (χ4n) is 9.30. The van der Waals surface area contributed by atoms with E-state index in [4.69, 9.17) is 4.74 Å². The molecule has 64 heavy (non-hydrogen) atoms. The summed E-state index contributed by atoms with van der Waals surface area (Å²) in [6, 6.07) is 17.9. The second-order valence-corrected chi connectivity index (χ2v) is 16.8. The van der Waals surface area contributed by atoms with E-state index in [1.165, 1.54) is 32.4 Å². The number of fused-ring (bicyclic) bond motifs is 1. The maximum Gasteiger partial charge on any atom is 0.419 e. The van der Waals surface area contributed by atoms with Gasteiger partial charge in [-0.1, -0.05) is 12.1 Å². The first-order valence-corrected chi connectivity index (χ1v) is 21.3. The fourth-order valence-corrected chi connectivity index (χ4v) is 9.30. The van der Waals surface area contributed by atoms with E-state index < -0.39 is 47.3 Å². The number of nitrogens with one attached hydrogen (secondary N) is 4. The molecule has 5 amide bonds. The van der Waals surface area contributed by atoms with Gasteiger partial charge in [-0.05, 0) is 81.5 Å². The Morgan fingerprint density at radius 1 is 0.828 bits per heavy atom. The van der Waals surface area contributed by atoms with Crippen LogP contribution in [0.1, 0.15) is 76.2 Å². The lowest BCUT2D eigenvalue weighted by Gasteiger charge is -2.47. The quantitative estimate of drug-likeness (QED) is 0.127. The van der Waals surface area contributed by atoms with Crippen LogP contribution < -0.4 is 35.8 Å². The second-order valence-electron chi connectivity index (χ2n) is 16.8. The minimum Gasteiger partial charge on any atom is -0.494 e. The van der Waals surface area contributed by atoms with Crippen LogP contribution in [0.3, 0.4) is 0 Å². The number of imide groups is 2. The fraction of sp³-hybridized carbons (Fsp3) is 0.391. The highest BCUT2D eigenvalue weighted by Gasteiger charge is 2.45. The average Bonchev–Trinajstić information content (AvgIpc) is 3.52. The molecule has 4 aliphatic heterocycles. The third-order valence-corrected chi connectivity index (χ3v) is 12.7. The predicted molar refractivity (Wildman–Crippen MR) is 235 cm³/mol. The van der Waals surface area contributed by atoms with Crippen molar-refractivity contribution in [3.8, 4) is 5.75 Å². The van der Waals surface area contributed by atoms with Crippen LogP contribution in [0.4, 0.5) is 47.4 Å². The zero-order valence-corrected chi connectivity index (χ0v) is 35.9. The molecular formula is C46H50F3N9O6. The van der Waals surface area contributed by atoms with Crippen molar-refractivity contribution in [1.82, 2.24) is 25.4 Å². The molecule has 15 nitrogen and oxygen atoms in total. The highest BCUT2D eigenvalue weighted by atomic mass is 19.4. The van der Waals surface area contributed by atoms with Crippen LogP contribution in [0.25, 0.3) is 0 Å². The van der Waals surface area contributed by atoms with Crippen molar-refractivity contribution in [2.24, 2.45) is 5.92 Å². The van der Waals surface area contributed by atoms with Gasteiger partial charge in [0.2, 0.25) is 11.8 Å². The topological polar surface area (TPSA) is 169 Å². The average molecular weight is 882 g/mol. The van der Waals surface area contributed by atoms with E-state index in [0.717, 1.165) is 68.0 Å². The van der Waals surface area contributed by atoms with Gasteiger partial charge in [-0.3, -0.25) is 39.1 Å². The Kier molecular flexibility index (Phi) is 12.2. The molecule has 8 rings (SSSR count). The van der Waals surface area contributed by atoms with E-state index in [-0.39, 0.29) is 58.8 Å². The molecule has 0 aliphatic carbocycles. The Labute approximate surface area is 368 Å². The summed E-state index contributed by atoms with van der Waals surface area (Å²) in [6.45, 7) is 8.46. The number of benzene rings is 3. The maximum absolute atomic E-state index is 14.1. The minimum absolute atomic E-state index is 0.0644. The van der Waals surface area contributed by atoms with Crippen molar-refractivity contribution in [1.29, 1.82) is 0 Å². The summed E-state index contributed by atoms with van der Waals surface area (Å²) in [5.74, 6) is -1.43. The summed E-state index contributed by atoms with van der Waals surface area (Å²) in [6.07, 6.45) is -1.84. The lowest BCUT2D eigenvalue weighted by Crippen LogP contribution is -2.58. The summed E-state index contributed by atoms with van der Waals surface area (Å²) in [4.78, 5) is 75.5. The summed E-state index contributed by atoms with van der Waals surface area (Å²) in [5, 5.41) is 10.6. The first-order valence-electron chi connectivity index (χ1n) is 21.3. The van der Waals surface area contributed by atoms with E-state index in [2.05, 4.69) is 54.8 Å². The number of hydrogen-bond donors (Lipinski definition) is 4. The molecule has 3 fully saturated rings. The number of carbonyl (C=O) groups is 5. The molecule has 4 N–H and O–H groups in total. The number of piperidine rings is 2. The third kappa shape index (κ3) is 8.78. The van der Waals surface area contributed by atoms with Gasteiger partial charge in [0.1, 0.15) is 17.6 Å². The number of rotatable bonds is 11. The number of methoxy groups -OCH3 is 1. The zero-order valence-electron chi connectivity index (χ0n) is 35.9. The third-order valence-electron chi connectivity index (χ3n) is 12.7. The summed E-state index contributed by atoms with van der Waals surface area (Å²) in [5.41, 5.74) is 1.97. The van der Waals surface area contributed by atoms with Crippen LogP contribution in [0.5, 0.6) is 5.75 Å². The number of alkyl halides is 3. The molecule has 336 valence electrons. The normalized spacial score (nSPS) is 20.9. The Morgan fingerprint density at radius 3 is 2.20 bits per heavy atom. The lowest BCUT2D eigenvalue weighted by atomic mass is 9.93. The first-order chi connectivity index (χ1) is 30.6. The molecule has 18 heteroatoms. The Bertz CT molecular complexity index is 2480. The Morgan fingerprint density at radius 2 is 1.52 bits per heavy atom. The molecule has 0 bridgehead atoms. The largest absolute Gasteiger partial charge is 0.494 e. The maximum atomic E-state index is 14.1. The number of anilines is 6. The van der Waals surface area contributed by atoms with Gasteiger partial charge < -0.3 is 30.5 Å². The first kappa shape index (κ1) is 43.9. The number of hydrogen-bond acceptors (Lipinski definition) is 12. The predicted octanol–water partition coefficient (Wildman–Crippen LogP) is 6.17. The van der Waals surface area contributed by atoms with Crippen molar-refractivity contribution in [3.05, 3.63) is 95.2 Å². The highest BCUT2D eigenvalue weighted by molar-refractivity contribution is 6.23. The second kappa shape index (κ2) is 17.8. The van der Waals surface area contributed by atoms with Crippen molar-refractivity contribution >= 4 is 63.8 Å². The monoisotopic (exact) mass is 881 g/mol. The molecule has 4 aliphatic rings. The molecule has 0 radical (unpaired) electrons. The standard InChI is InChI=1S/C46H50F3N9O6/c1-26-23-56(29-9-11-31-33(19-29)45(63)58(44(31)62)38-13-14-41(59)54-43(38)61)24-27(2)57(26)25-28-15-17-55(18-16-28)30-10-12-36(39(20-30)64-4)53-40-21-37(34(22-51-40)46(47,48)49)52-35-8-6-5-7-32(35)42(60)50-3/h5-12,19-22,26-28,38H,13-18,23-25H2,1-4H3,(H,50,60)(H2,51,52,53)(H,54,59,61). The molecule has 4 aromatic rings. The van der Waals surface area contributed by atoms with Crippen LogP contribution >= 0.6 is 0 Å². The number of aromatic nitrogens is 1. The van der Waals surface area contributed by atoms with Crippen LogP contribution in [-0.2, 0) is 15.8 Å². The number of carbonyl (C=O) groups excluding carboxylic acids is 5. The van der Waals surface area contributed by atoms with Crippen LogP contribution in [-0.4, -0.2) is 109 Å². The number of pyridine rings is 1. The van der Waals surface area contributed by atoms with Crippen LogP contribution in [0.15, 0.2) is 72.9 Å². The number of piperazine rings is 1. The van der Waals surface area contributed by atoms with E-state index in [0.29, 0.717) is 17.4 Å². The molecule has 0 saturated carbocycles. The SMILES string of the molecule is CNC(=O)c1ccccc1Nc1cc(Nc2ccc(N3CCC(CN4C(C)CN(c5ccc6c(c5)C(=O)N(C5CCC(=O)NC5=O)C6=O)CC4C)CC3)cc2OC)ncc1C(F)(F)F. The summed E-state index contributed by atoms with van der Waals surface area (Å²) >= 11 is 0. The van der Waals surface area contributed by atoms with Gasteiger partial charge in [-0.15, -0.1) is 0 Å². The lowest BCUT2D eigenvalue weighted by molar-refractivity contribution is -0.137. The smallest absolute Gasteiger partial charge is 0.419 e. The Balaban J connectivity index is 0.878. The van der Waals surface area contributed by atoms with E-state index in [1.54, 1.807) is 24.3 Å². The summed E-state index contributed by atoms with van der Waals surface area (Å²) < 4.78 is 48.0. The summed E-state index contributed by atoms with van der Waals surface area (Å²) in [7, 11) is 2.98. The molecule has 3 atom stereocenters. The molecular weight excluding hydrogens is 832 g/mol. The highest BCUT2D eigenvalue weighted by Crippen LogP contribution is 2.40. The van der Waals surface area contributed by atoms with Crippen LogP contribution in [0.2, 0.25) is 0 Å². The molecule has 3 unspecified atom stereocenters. The zero-order chi connectivity index (χ0) is 45.4. The van der Waals surface area contributed by atoms with Crippen molar-refractivity contribution < 1.29 is 41.9 Å².